The largest absolute Gasteiger partial charge is 0.371 e. The number of aromatic nitrogens is 2. The van der Waals surface area contributed by atoms with Crippen LogP contribution >= 0.6 is 0 Å². The number of fused-ring (bicyclic) bond motifs is 1. The SMILES string of the molecule is O=C(c1ccc2cc[nH]c2c1)c1ccccc1C(C1CO1)N1CCN(CCc2ccncc2)CC1. The Hall–Kier alpha value is -3.32. The zero-order chi connectivity index (χ0) is 23.6. The number of carbonyl (C=O) groups is 1. The normalized spacial score (nSPS) is 19.6. The van der Waals surface area contributed by atoms with Crippen molar-refractivity contribution in [2.24, 2.45) is 0 Å². The van der Waals surface area contributed by atoms with Gasteiger partial charge in [-0.05, 0) is 47.2 Å². The highest BCUT2D eigenvalue weighted by molar-refractivity contribution is 6.11. The van der Waals surface area contributed by atoms with Crippen molar-refractivity contribution in [1.29, 1.82) is 0 Å². The second-order valence-corrected chi connectivity index (χ2v) is 9.50. The van der Waals surface area contributed by atoms with Crippen molar-refractivity contribution >= 4 is 16.7 Å². The lowest BCUT2D eigenvalue weighted by Gasteiger charge is -2.39. The molecule has 2 aliphatic rings. The third-order valence-electron chi connectivity index (χ3n) is 7.32. The van der Waals surface area contributed by atoms with Gasteiger partial charge in [-0.2, -0.15) is 0 Å². The number of hydrogen-bond acceptors (Lipinski definition) is 5. The molecular formula is C29H30N4O2. The predicted molar refractivity (Wildman–Crippen MR) is 137 cm³/mol. The van der Waals surface area contributed by atoms with Gasteiger partial charge in [-0.3, -0.25) is 14.7 Å². The Morgan fingerprint density at radius 3 is 2.63 bits per heavy atom. The molecule has 2 unspecified atom stereocenters. The third kappa shape index (κ3) is 4.78. The van der Waals surface area contributed by atoms with Gasteiger partial charge in [0.1, 0.15) is 6.10 Å². The lowest BCUT2D eigenvalue weighted by atomic mass is 9.91. The van der Waals surface area contributed by atoms with E-state index < -0.39 is 0 Å². The maximum absolute atomic E-state index is 13.6. The van der Waals surface area contributed by atoms with Crippen LogP contribution in [0.2, 0.25) is 0 Å². The molecule has 4 aromatic rings. The van der Waals surface area contributed by atoms with E-state index >= 15 is 0 Å². The number of ketones is 1. The summed E-state index contributed by atoms with van der Waals surface area (Å²) in [6.45, 7) is 5.79. The molecular weight excluding hydrogens is 436 g/mol. The molecule has 1 N–H and O–H groups in total. The van der Waals surface area contributed by atoms with Crippen molar-refractivity contribution in [2.75, 3.05) is 39.3 Å². The van der Waals surface area contributed by atoms with Gasteiger partial charge >= 0.3 is 0 Å². The Labute approximate surface area is 205 Å². The van der Waals surface area contributed by atoms with Crippen molar-refractivity contribution in [2.45, 2.75) is 18.6 Å². The van der Waals surface area contributed by atoms with Gasteiger partial charge in [0, 0.05) is 68.0 Å². The number of carbonyl (C=O) groups excluding carboxylic acids is 1. The first-order chi connectivity index (χ1) is 17.3. The monoisotopic (exact) mass is 466 g/mol. The van der Waals surface area contributed by atoms with Crippen LogP contribution in [0, 0.1) is 0 Å². The first-order valence-electron chi connectivity index (χ1n) is 12.4. The lowest BCUT2D eigenvalue weighted by molar-refractivity contribution is 0.0815. The van der Waals surface area contributed by atoms with Crippen LogP contribution in [0.1, 0.15) is 33.1 Å². The molecule has 2 aliphatic heterocycles. The van der Waals surface area contributed by atoms with E-state index in [1.54, 1.807) is 0 Å². The van der Waals surface area contributed by atoms with E-state index in [4.69, 9.17) is 4.74 Å². The first kappa shape index (κ1) is 22.2. The summed E-state index contributed by atoms with van der Waals surface area (Å²) in [7, 11) is 0. The molecule has 0 bridgehead atoms. The van der Waals surface area contributed by atoms with E-state index in [9.17, 15) is 4.79 Å². The number of H-pyrrole nitrogens is 1. The van der Waals surface area contributed by atoms with Gasteiger partial charge in [0.2, 0.25) is 0 Å². The van der Waals surface area contributed by atoms with E-state index in [0.29, 0.717) is 5.56 Å². The van der Waals surface area contributed by atoms with Crippen LogP contribution in [-0.2, 0) is 11.2 Å². The Morgan fingerprint density at radius 2 is 1.83 bits per heavy atom. The number of pyridine rings is 1. The van der Waals surface area contributed by atoms with Gasteiger partial charge in [-0.1, -0.05) is 36.4 Å². The fourth-order valence-corrected chi connectivity index (χ4v) is 5.28. The van der Waals surface area contributed by atoms with Crippen LogP contribution < -0.4 is 0 Å². The topological polar surface area (TPSA) is 64.8 Å². The quantitative estimate of drug-likeness (QED) is 0.313. The predicted octanol–water partition coefficient (Wildman–Crippen LogP) is 4.09. The van der Waals surface area contributed by atoms with Gasteiger partial charge in [0.05, 0.1) is 12.6 Å². The Bertz CT molecular complexity index is 1310. The summed E-state index contributed by atoms with van der Waals surface area (Å²) in [5.74, 6) is 0.0683. The van der Waals surface area contributed by atoms with Crippen LogP contribution in [0.5, 0.6) is 0 Å². The van der Waals surface area contributed by atoms with Gasteiger partial charge < -0.3 is 14.6 Å². The van der Waals surface area contributed by atoms with Crippen LogP contribution in [-0.4, -0.2) is 71.0 Å². The lowest BCUT2D eigenvalue weighted by Crippen LogP contribution is -2.49. The highest BCUT2D eigenvalue weighted by Crippen LogP contribution is 2.36. The Balaban J connectivity index is 1.19. The summed E-state index contributed by atoms with van der Waals surface area (Å²) in [4.78, 5) is 26.0. The molecule has 0 spiro atoms. The summed E-state index contributed by atoms with van der Waals surface area (Å²) in [6.07, 6.45) is 6.83. The van der Waals surface area contributed by atoms with Crippen molar-refractivity contribution in [3.05, 3.63) is 102 Å². The molecule has 2 aromatic carbocycles. The number of piperazine rings is 1. The molecule has 2 fully saturated rings. The number of ether oxygens (including phenoxy) is 1. The number of nitrogens with zero attached hydrogens (tertiary/aromatic N) is 3. The summed E-state index contributed by atoms with van der Waals surface area (Å²) >= 11 is 0. The zero-order valence-electron chi connectivity index (χ0n) is 19.8. The van der Waals surface area contributed by atoms with E-state index in [0.717, 1.165) is 67.8 Å². The Morgan fingerprint density at radius 1 is 1.03 bits per heavy atom. The van der Waals surface area contributed by atoms with Crippen LogP contribution in [0.15, 0.2) is 79.3 Å². The van der Waals surface area contributed by atoms with E-state index in [1.165, 1.54) is 5.56 Å². The number of aromatic amines is 1. The number of epoxide rings is 1. The van der Waals surface area contributed by atoms with Crippen molar-refractivity contribution in [3.8, 4) is 0 Å². The van der Waals surface area contributed by atoms with Gasteiger partial charge in [0.25, 0.3) is 0 Å². The fourth-order valence-electron chi connectivity index (χ4n) is 5.28. The minimum atomic E-state index is 0.0683. The molecule has 4 heterocycles. The second-order valence-electron chi connectivity index (χ2n) is 9.50. The standard InChI is InChI=1S/C29H30N4O2/c34-29(23-6-5-22-9-13-31-26(22)19-23)25-4-2-1-3-24(25)28(27-20-35-27)33-17-15-32(16-18-33)14-10-21-7-11-30-12-8-21/h1-9,11-13,19,27-28,31H,10,14-18,20H2. The number of rotatable bonds is 8. The minimum absolute atomic E-state index is 0.0683. The molecule has 35 heavy (non-hydrogen) atoms. The fraction of sp³-hybridized carbons (Fsp3) is 0.310. The molecule has 0 amide bonds. The number of nitrogens with one attached hydrogen (secondary N) is 1. The third-order valence-corrected chi connectivity index (χ3v) is 7.32. The van der Waals surface area contributed by atoms with Gasteiger partial charge in [-0.15, -0.1) is 0 Å². The minimum Gasteiger partial charge on any atom is -0.371 e. The first-order valence-corrected chi connectivity index (χ1v) is 12.4. The van der Waals surface area contributed by atoms with Gasteiger partial charge in [0.15, 0.2) is 5.78 Å². The molecule has 6 nitrogen and oxygen atoms in total. The molecule has 178 valence electrons. The van der Waals surface area contributed by atoms with Crippen molar-refractivity contribution < 1.29 is 9.53 Å². The molecule has 2 aromatic heterocycles. The number of hydrogen-bond donors (Lipinski definition) is 1. The van der Waals surface area contributed by atoms with Crippen molar-refractivity contribution in [1.82, 2.24) is 19.8 Å². The number of benzene rings is 2. The second kappa shape index (κ2) is 9.74. The summed E-state index contributed by atoms with van der Waals surface area (Å²) in [6, 6.07) is 20.3. The summed E-state index contributed by atoms with van der Waals surface area (Å²) in [5.41, 5.74) is 4.88. The van der Waals surface area contributed by atoms with E-state index in [1.807, 2.05) is 61.1 Å². The molecule has 2 saturated heterocycles. The highest BCUT2D eigenvalue weighted by atomic mass is 16.6. The van der Waals surface area contributed by atoms with Crippen LogP contribution in [0.25, 0.3) is 10.9 Å². The Kier molecular flexibility index (Phi) is 6.17. The summed E-state index contributed by atoms with van der Waals surface area (Å²) in [5, 5.41) is 1.11. The molecule has 6 rings (SSSR count). The molecule has 0 radical (unpaired) electrons. The zero-order valence-corrected chi connectivity index (χ0v) is 19.8. The summed E-state index contributed by atoms with van der Waals surface area (Å²) < 4.78 is 5.82. The highest BCUT2D eigenvalue weighted by Gasteiger charge is 2.40. The maximum Gasteiger partial charge on any atom is 0.193 e. The van der Waals surface area contributed by atoms with Crippen LogP contribution in [0.3, 0.4) is 0 Å². The molecule has 2 atom stereocenters. The molecule has 6 heteroatoms. The molecule has 0 aliphatic carbocycles. The average molecular weight is 467 g/mol. The smallest absolute Gasteiger partial charge is 0.193 e. The average Bonchev–Trinajstić information content (AvgIpc) is 3.63. The van der Waals surface area contributed by atoms with E-state index in [-0.39, 0.29) is 17.9 Å². The van der Waals surface area contributed by atoms with Gasteiger partial charge in [-0.25, -0.2) is 0 Å². The maximum atomic E-state index is 13.6. The van der Waals surface area contributed by atoms with E-state index in [2.05, 4.69) is 38.0 Å². The molecule has 0 saturated carbocycles. The van der Waals surface area contributed by atoms with Crippen LogP contribution in [0.4, 0.5) is 0 Å². The van der Waals surface area contributed by atoms with Crippen molar-refractivity contribution in [3.63, 3.8) is 0 Å².